The number of ether oxygens (including phenoxy) is 1. The molecular formula is C16H34N4O. The van der Waals surface area contributed by atoms with Crippen molar-refractivity contribution in [1.29, 1.82) is 0 Å². The molecule has 2 atom stereocenters. The van der Waals surface area contributed by atoms with Crippen molar-refractivity contribution in [3.8, 4) is 0 Å². The average Bonchev–Trinajstić information content (AvgIpc) is 2.94. The number of hydrogen-bond donors (Lipinski definition) is 1. The first kappa shape index (κ1) is 18.2. The van der Waals surface area contributed by atoms with E-state index in [-0.39, 0.29) is 0 Å². The number of rotatable bonds is 8. The third-order valence-electron chi connectivity index (χ3n) is 4.38. The summed E-state index contributed by atoms with van der Waals surface area (Å²) in [6.07, 6.45) is 2.39. The van der Waals surface area contributed by atoms with Crippen LogP contribution < -0.4 is 5.32 Å². The van der Waals surface area contributed by atoms with Gasteiger partial charge in [0.15, 0.2) is 5.96 Å². The van der Waals surface area contributed by atoms with E-state index in [1.807, 2.05) is 0 Å². The molecule has 5 heteroatoms. The molecule has 0 bridgehead atoms. The highest BCUT2D eigenvalue weighted by Gasteiger charge is 2.24. The van der Waals surface area contributed by atoms with Gasteiger partial charge in [0.05, 0.1) is 13.2 Å². The Bertz CT molecular complexity index is 309. The summed E-state index contributed by atoms with van der Waals surface area (Å²) in [5.41, 5.74) is 0. The van der Waals surface area contributed by atoms with Gasteiger partial charge in [-0.3, -0.25) is 4.99 Å². The Balaban J connectivity index is 2.47. The highest BCUT2D eigenvalue weighted by atomic mass is 16.5. The molecule has 124 valence electrons. The highest BCUT2D eigenvalue weighted by Crippen LogP contribution is 2.16. The monoisotopic (exact) mass is 298 g/mol. The molecule has 0 aliphatic carbocycles. The van der Waals surface area contributed by atoms with Crippen LogP contribution in [0, 0.1) is 5.92 Å². The maximum absolute atomic E-state index is 5.27. The van der Waals surface area contributed by atoms with Gasteiger partial charge in [0.2, 0.25) is 0 Å². The van der Waals surface area contributed by atoms with Crippen LogP contribution in [0.3, 0.4) is 0 Å². The van der Waals surface area contributed by atoms with Crippen molar-refractivity contribution in [3.63, 3.8) is 0 Å². The molecule has 1 fully saturated rings. The fraction of sp³-hybridized carbons (Fsp3) is 0.938. The second-order valence-electron chi connectivity index (χ2n) is 6.03. The van der Waals surface area contributed by atoms with E-state index in [0.29, 0.717) is 12.0 Å². The zero-order chi connectivity index (χ0) is 15.7. The van der Waals surface area contributed by atoms with Gasteiger partial charge in [-0.1, -0.05) is 6.92 Å². The summed E-state index contributed by atoms with van der Waals surface area (Å²) in [6, 6.07) is 0.626. The average molecular weight is 298 g/mol. The predicted octanol–water partition coefficient (Wildman–Crippen LogP) is 1.65. The summed E-state index contributed by atoms with van der Waals surface area (Å²) >= 11 is 0. The zero-order valence-electron chi connectivity index (χ0n) is 14.6. The van der Waals surface area contributed by atoms with Crippen molar-refractivity contribution in [1.82, 2.24) is 15.1 Å². The Labute approximate surface area is 130 Å². The van der Waals surface area contributed by atoms with E-state index in [2.05, 4.69) is 42.9 Å². The summed E-state index contributed by atoms with van der Waals surface area (Å²) in [7, 11) is 3.97. The molecule has 0 saturated carbocycles. The van der Waals surface area contributed by atoms with Crippen LogP contribution >= 0.6 is 0 Å². The van der Waals surface area contributed by atoms with Crippen molar-refractivity contribution in [2.75, 3.05) is 53.5 Å². The Morgan fingerprint density at radius 3 is 2.86 bits per heavy atom. The Kier molecular flexibility index (Phi) is 8.69. The Morgan fingerprint density at radius 1 is 1.48 bits per heavy atom. The number of aliphatic imine (C=N–C) groups is 1. The molecule has 0 spiro atoms. The molecule has 1 rings (SSSR count). The number of guanidine groups is 1. The first-order valence-electron chi connectivity index (χ1n) is 8.34. The minimum atomic E-state index is 0.626. The molecule has 1 aliphatic rings. The van der Waals surface area contributed by atoms with Gasteiger partial charge < -0.3 is 19.9 Å². The minimum Gasteiger partial charge on any atom is -0.384 e. The fourth-order valence-electron chi connectivity index (χ4n) is 2.67. The minimum absolute atomic E-state index is 0.626. The van der Waals surface area contributed by atoms with Crippen LogP contribution in [0.15, 0.2) is 4.99 Å². The molecule has 1 saturated heterocycles. The summed E-state index contributed by atoms with van der Waals surface area (Å²) in [5.74, 6) is 1.70. The number of likely N-dealkylation sites (N-methyl/N-ethyl adjacent to an activating group) is 1. The Morgan fingerprint density at radius 2 is 2.24 bits per heavy atom. The second-order valence-corrected chi connectivity index (χ2v) is 6.03. The molecule has 1 aliphatic heterocycles. The van der Waals surface area contributed by atoms with E-state index in [4.69, 9.17) is 9.73 Å². The third-order valence-corrected chi connectivity index (χ3v) is 4.38. The zero-order valence-corrected chi connectivity index (χ0v) is 14.6. The summed E-state index contributed by atoms with van der Waals surface area (Å²) < 4.78 is 5.27. The number of methoxy groups -OCH3 is 1. The van der Waals surface area contributed by atoms with E-state index in [9.17, 15) is 0 Å². The molecule has 0 aromatic heterocycles. The van der Waals surface area contributed by atoms with Gasteiger partial charge in [-0.2, -0.15) is 0 Å². The summed E-state index contributed by atoms with van der Waals surface area (Å²) in [4.78, 5) is 9.55. The van der Waals surface area contributed by atoms with Gasteiger partial charge in [0.25, 0.3) is 0 Å². The van der Waals surface area contributed by atoms with Gasteiger partial charge in [-0.05, 0) is 33.7 Å². The first-order chi connectivity index (χ1) is 10.1. The number of nitrogens with one attached hydrogen (secondary N) is 1. The van der Waals surface area contributed by atoms with Crippen LogP contribution in [-0.4, -0.2) is 75.3 Å². The number of likely N-dealkylation sites (tertiary alicyclic amines) is 1. The van der Waals surface area contributed by atoms with Gasteiger partial charge in [0, 0.05) is 45.2 Å². The molecular weight excluding hydrogens is 264 g/mol. The molecule has 2 unspecified atom stereocenters. The van der Waals surface area contributed by atoms with Gasteiger partial charge in [0.1, 0.15) is 0 Å². The summed E-state index contributed by atoms with van der Waals surface area (Å²) in [5, 5.41) is 3.42. The van der Waals surface area contributed by atoms with Gasteiger partial charge in [-0.15, -0.1) is 0 Å². The second kappa shape index (κ2) is 10.0. The van der Waals surface area contributed by atoms with Crippen molar-refractivity contribution >= 4 is 5.96 Å². The molecule has 0 amide bonds. The van der Waals surface area contributed by atoms with Crippen molar-refractivity contribution in [3.05, 3.63) is 0 Å². The maximum Gasteiger partial charge on any atom is 0.193 e. The SMILES string of the molecule is CCNC(=NCCN(C)C(C)CC)N1CCC(COC)C1. The summed E-state index contributed by atoms with van der Waals surface area (Å²) in [6.45, 7) is 12.4. The molecule has 0 aromatic rings. The molecule has 1 heterocycles. The molecule has 5 nitrogen and oxygen atoms in total. The first-order valence-corrected chi connectivity index (χ1v) is 8.34. The van der Waals surface area contributed by atoms with Crippen LogP contribution in [0.4, 0.5) is 0 Å². The van der Waals surface area contributed by atoms with E-state index in [1.54, 1.807) is 7.11 Å². The van der Waals surface area contributed by atoms with Crippen LogP contribution in [0.25, 0.3) is 0 Å². The largest absolute Gasteiger partial charge is 0.384 e. The molecule has 0 aromatic carbocycles. The van der Waals surface area contributed by atoms with Crippen LogP contribution in [-0.2, 0) is 4.74 Å². The van der Waals surface area contributed by atoms with E-state index >= 15 is 0 Å². The molecule has 21 heavy (non-hydrogen) atoms. The number of nitrogens with zero attached hydrogens (tertiary/aromatic N) is 3. The third kappa shape index (κ3) is 6.22. The molecule has 1 N–H and O–H groups in total. The Hall–Kier alpha value is -0.810. The normalized spacial score (nSPS) is 21.1. The lowest BCUT2D eigenvalue weighted by Gasteiger charge is -2.24. The smallest absolute Gasteiger partial charge is 0.193 e. The van der Waals surface area contributed by atoms with Gasteiger partial charge >= 0.3 is 0 Å². The quantitative estimate of drug-likeness (QED) is 0.546. The maximum atomic E-state index is 5.27. The standard InChI is InChI=1S/C16H34N4O/c1-6-14(3)19(4)11-9-18-16(17-7-2)20-10-8-15(12-20)13-21-5/h14-15H,6-13H2,1-5H3,(H,17,18). The highest BCUT2D eigenvalue weighted by molar-refractivity contribution is 5.80. The number of hydrogen-bond acceptors (Lipinski definition) is 3. The van der Waals surface area contributed by atoms with Crippen LogP contribution in [0.2, 0.25) is 0 Å². The molecule has 0 radical (unpaired) electrons. The van der Waals surface area contributed by atoms with Crippen molar-refractivity contribution in [2.24, 2.45) is 10.9 Å². The lowest BCUT2D eigenvalue weighted by molar-refractivity contribution is 0.157. The van der Waals surface area contributed by atoms with Crippen molar-refractivity contribution < 1.29 is 4.74 Å². The van der Waals surface area contributed by atoms with E-state index < -0.39 is 0 Å². The van der Waals surface area contributed by atoms with Crippen LogP contribution in [0.5, 0.6) is 0 Å². The lowest BCUT2D eigenvalue weighted by atomic mass is 10.1. The fourth-order valence-corrected chi connectivity index (χ4v) is 2.67. The van der Waals surface area contributed by atoms with E-state index in [0.717, 1.165) is 45.3 Å². The van der Waals surface area contributed by atoms with Crippen LogP contribution in [0.1, 0.15) is 33.6 Å². The topological polar surface area (TPSA) is 40.1 Å². The van der Waals surface area contributed by atoms with Gasteiger partial charge in [-0.25, -0.2) is 0 Å². The lowest BCUT2D eigenvalue weighted by Crippen LogP contribution is -2.41. The predicted molar refractivity (Wildman–Crippen MR) is 89.9 cm³/mol. The van der Waals surface area contributed by atoms with Crippen molar-refractivity contribution in [2.45, 2.75) is 39.7 Å². The van der Waals surface area contributed by atoms with E-state index in [1.165, 1.54) is 12.8 Å².